The lowest BCUT2D eigenvalue weighted by atomic mass is 9.94. The van der Waals surface area contributed by atoms with Crippen molar-refractivity contribution in [2.75, 3.05) is 11.9 Å². The molecule has 0 aromatic heterocycles. The van der Waals surface area contributed by atoms with Gasteiger partial charge in [0.25, 0.3) is 0 Å². The van der Waals surface area contributed by atoms with Crippen LogP contribution in [0.1, 0.15) is 31.7 Å². The SMILES string of the molecule is CC(=O)Nc1ccc(CNC[C@H]2CC=CCC2)cc1. The van der Waals surface area contributed by atoms with Gasteiger partial charge in [0, 0.05) is 19.2 Å². The Hall–Kier alpha value is -1.61. The maximum atomic E-state index is 10.9. The monoisotopic (exact) mass is 258 g/mol. The first-order valence-electron chi connectivity index (χ1n) is 6.96. The Labute approximate surface area is 115 Å². The van der Waals surface area contributed by atoms with Gasteiger partial charge in [-0.2, -0.15) is 0 Å². The molecule has 1 aliphatic rings. The average Bonchev–Trinajstić information content (AvgIpc) is 2.41. The van der Waals surface area contributed by atoms with Crippen LogP contribution in [-0.4, -0.2) is 12.5 Å². The molecule has 0 fully saturated rings. The molecular weight excluding hydrogens is 236 g/mol. The molecule has 1 aromatic rings. The number of carbonyl (C=O) groups excluding carboxylic acids is 1. The Morgan fingerprint density at radius 1 is 1.26 bits per heavy atom. The third-order valence-electron chi connectivity index (χ3n) is 3.41. The average molecular weight is 258 g/mol. The number of hydrogen-bond donors (Lipinski definition) is 2. The molecule has 3 heteroatoms. The number of carbonyl (C=O) groups is 1. The molecule has 0 saturated heterocycles. The summed E-state index contributed by atoms with van der Waals surface area (Å²) in [6, 6.07) is 8.00. The lowest BCUT2D eigenvalue weighted by Gasteiger charge is -2.18. The zero-order chi connectivity index (χ0) is 13.5. The van der Waals surface area contributed by atoms with E-state index in [4.69, 9.17) is 0 Å². The molecule has 1 aromatic carbocycles. The Morgan fingerprint density at radius 2 is 2.05 bits per heavy atom. The topological polar surface area (TPSA) is 41.1 Å². The van der Waals surface area contributed by atoms with Gasteiger partial charge in [-0.3, -0.25) is 4.79 Å². The highest BCUT2D eigenvalue weighted by Crippen LogP contribution is 2.17. The highest BCUT2D eigenvalue weighted by Gasteiger charge is 2.08. The van der Waals surface area contributed by atoms with E-state index in [2.05, 4.69) is 34.9 Å². The molecule has 19 heavy (non-hydrogen) atoms. The largest absolute Gasteiger partial charge is 0.326 e. The Kier molecular flexibility index (Phi) is 5.16. The van der Waals surface area contributed by atoms with Crippen LogP contribution in [0.3, 0.4) is 0 Å². The lowest BCUT2D eigenvalue weighted by Crippen LogP contribution is -2.23. The molecule has 2 N–H and O–H groups in total. The van der Waals surface area contributed by atoms with Gasteiger partial charge in [0.05, 0.1) is 0 Å². The van der Waals surface area contributed by atoms with Crippen LogP contribution in [0.5, 0.6) is 0 Å². The second kappa shape index (κ2) is 7.10. The fraction of sp³-hybridized carbons (Fsp3) is 0.438. The maximum absolute atomic E-state index is 10.9. The molecule has 0 heterocycles. The molecule has 0 unspecified atom stereocenters. The van der Waals surface area contributed by atoms with Crippen LogP contribution in [-0.2, 0) is 11.3 Å². The van der Waals surface area contributed by atoms with Crippen molar-refractivity contribution in [3.05, 3.63) is 42.0 Å². The first-order valence-corrected chi connectivity index (χ1v) is 6.96. The summed E-state index contributed by atoms with van der Waals surface area (Å²) >= 11 is 0. The highest BCUT2D eigenvalue weighted by molar-refractivity contribution is 5.88. The number of allylic oxidation sites excluding steroid dienone is 2. The fourth-order valence-corrected chi connectivity index (χ4v) is 2.37. The van der Waals surface area contributed by atoms with E-state index in [0.717, 1.165) is 24.7 Å². The van der Waals surface area contributed by atoms with Crippen molar-refractivity contribution in [2.24, 2.45) is 5.92 Å². The number of hydrogen-bond acceptors (Lipinski definition) is 2. The molecular formula is C16H22N2O. The van der Waals surface area contributed by atoms with E-state index in [-0.39, 0.29) is 5.91 Å². The van der Waals surface area contributed by atoms with Crippen LogP contribution in [0.25, 0.3) is 0 Å². The quantitative estimate of drug-likeness (QED) is 0.797. The number of nitrogens with one attached hydrogen (secondary N) is 2. The van der Waals surface area contributed by atoms with E-state index in [1.165, 1.54) is 31.7 Å². The Balaban J connectivity index is 1.73. The number of benzene rings is 1. The van der Waals surface area contributed by atoms with Crippen molar-refractivity contribution in [1.82, 2.24) is 5.32 Å². The van der Waals surface area contributed by atoms with E-state index in [1.807, 2.05) is 12.1 Å². The summed E-state index contributed by atoms with van der Waals surface area (Å²) in [6.45, 7) is 3.49. The third kappa shape index (κ3) is 4.87. The summed E-state index contributed by atoms with van der Waals surface area (Å²) in [6.07, 6.45) is 8.28. The van der Waals surface area contributed by atoms with Crippen molar-refractivity contribution in [2.45, 2.75) is 32.7 Å². The summed E-state index contributed by atoms with van der Waals surface area (Å²) < 4.78 is 0. The molecule has 102 valence electrons. The van der Waals surface area contributed by atoms with Gasteiger partial charge in [0.15, 0.2) is 0 Å². The van der Waals surface area contributed by atoms with Gasteiger partial charge in [-0.15, -0.1) is 0 Å². The van der Waals surface area contributed by atoms with Gasteiger partial charge in [0.2, 0.25) is 5.91 Å². The standard InChI is InChI=1S/C16H22N2O/c1-13(19)18-16-9-7-15(8-10-16)12-17-11-14-5-3-2-4-6-14/h2-3,7-10,14,17H,4-6,11-12H2,1H3,(H,18,19)/t14-/m0/s1. The molecule has 0 radical (unpaired) electrons. The second-order valence-corrected chi connectivity index (χ2v) is 5.16. The number of anilines is 1. The molecule has 1 atom stereocenters. The molecule has 1 aliphatic carbocycles. The van der Waals surface area contributed by atoms with Gasteiger partial charge < -0.3 is 10.6 Å². The third-order valence-corrected chi connectivity index (χ3v) is 3.41. The number of rotatable bonds is 5. The van der Waals surface area contributed by atoms with E-state index in [9.17, 15) is 4.79 Å². The van der Waals surface area contributed by atoms with Crippen molar-refractivity contribution in [1.29, 1.82) is 0 Å². The smallest absolute Gasteiger partial charge is 0.221 e. The molecule has 0 bridgehead atoms. The maximum Gasteiger partial charge on any atom is 0.221 e. The van der Waals surface area contributed by atoms with Gasteiger partial charge in [-0.1, -0.05) is 24.3 Å². The first-order chi connectivity index (χ1) is 9.24. The molecule has 0 saturated carbocycles. The first kappa shape index (κ1) is 13.8. The zero-order valence-electron chi connectivity index (χ0n) is 11.5. The number of amides is 1. The van der Waals surface area contributed by atoms with Crippen LogP contribution in [0, 0.1) is 5.92 Å². The van der Waals surface area contributed by atoms with Gasteiger partial charge in [-0.25, -0.2) is 0 Å². The summed E-state index contributed by atoms with van der Waals surface area (Å²) in [7, 11) is 0. The Morgan fingerprint density at radius 3 is 2.68 bits per heavy atom. The van der Waals surface area contributed by atoms with Crippen LogP contribution < -0.4 is 10.6 Å². The van der Waals surface area contributed by atoms with Crippen LogP contribution in [0.2, 0.25) is 0 Å². The van der Waals surface area contributed by atoms with E-state index < -0.39 is 0 Å². The van der Waals surface area contributed by atoms with Crippen molar-refractivity contribution in [3.63, 3.8) is 0 Å². The molecule has 3 nitrogen and oxygen atoms in total. The van der Waals surface area contributed by atoms with Crippen LogP contribution in [0.15, 0.2) is 36.4 Å². The molecule has 1 amide bonds. The van der Waals surface area contributed by atoms with Crippen LogP contribution in [0.4, 0.5) is 5.69 Å². The summed E-state index contributed by atoms with van der Waals surface area (Å²) in [5.74, 6) is 0.750. The summed E-state index contributed by atoms with van der Waals surface area (Å²) in [5, 5.41) is 6.28. The minimum absolute atomic E-state index is 0.0313. The zero-order valence-corrected chi connectivity index (χ0v) is 11.5. The molecule has 0 spiro atoms. The van der Waals surface area contributed by atoms with Gasteiger partial charge >= 0.3 is 0 Å². The Bertz CT molecular complexity index is 437. The second-order valence-electron chi connectivity index (χ2n) is 5.16. The lowest BCUT2D eigenvalue weighted by molar-refractivity contribution is -0.114. The minimum Gasteiger partial charge on any atom is -0.326 e. The van der Waals surface area contributed by atoms with Gasteiger partial charge in [0.1, 0.15) is 0 Å². The summed E-state index contributed by atoms with van der Waals surface area (Å²) in [4.78, 5) is 10.9. The van der Waals surface area contributed by atoms with Crippen molar-refractivity contribution >= 4 is 11.6 Å². The van der Waals surface area contributed by atoms with E-state index >= 15 is 0 Å². The van der Waals surface area contributed by atoms with E-state index in [0.29, 0.717) is 0 Å². The molecule has 2 rings (SSSR count). The summed E-state index contributed by atoms with van der Waals surface area (Å²) in [5.41, 5.74) is 2.11. The predicted molar refractivity (Wildman–Crippen MR) is 78.9 cm³/mol. The fourth-order valence-electron chi connectivity index (χ4n) is 2.37. The van der Waals surface area contributed by atoms with Crippen molar-refractivity contribution in [3.8, 4) is 0 Å². The predicted octanol–water partition coefficient (Wildman–Crippen LogP) is 3.09. The van der Waals surface area contributed by atoms with Gasteiger partial charge in [-0.05, 0) is 49.4 Å². The minimum atomic E-state index is -0.0313. The normalized spacial score (nSPS) is 18.3. The van der Waals surface area contributed by atoms with Crippen molar-refractivity contribution < 1.29 is 4.79 Å². The van der Waals surface area contributed by atoms with Crippen LogP contribution >= 0.6 is 0 Å². The molecule has 0 aliphatic heterocycles. The van der Waals surface area contributed by atoms with E-state index in [1.54, 1.807) is 0 Å². The highest BCUT2D eigenvalue weighted by atomic mass is 16.1.